The largest absolute Gasteiger partial charge is 0.339 e. The summed E-state index contributed by atoms with van der Waals surface area (Å²) in [4.78, 5) is 24.4. The van der Waals surface area contributed by atoms with Crippen LogP contribution in [0.1, 0.15) is 35.7 Å². The zero-order chi connectivity index (χ0) is 23.8. The van der Waals surface area contributed by atoms with Crippen LogP contribution in [0.3, 0.4) is 0 Å². The van der Waals surface area contributed by atoms with Crippen LogP contribution in [-0.4, -0.2) is 48.9 Å². The summed E-state index contributed by atoms with van der Waals surface area (Å²) in [5, 5.41) is 0.785. The molecule has 6 nitrogen and oxygen atoms in total. The van der Waals surface area contributed by atoms with Crippen molar-refractivity contribution in [2.45, 2.75) is 31.1 Å². The molecule has 2 aromatic carbocycles. The number of amides is 1. The van der Waals surface area contributed by atoms with Gasteiger partial charge in [-0.15, -0.1) is 0 Å². The molecule has 1 aliphatic rings. The Kier molecular flexibility index (Phi) is 6.00. The van der Waals surface area contributed by atoms with Gasteiger partial charge in [-0.3, -0.25) is 13.6 Å². The zero-order valence-electron chi connectivity index (χ0n) is 19.1. The van der Waals surface area contributed by atoms with E-state index in [0.717, 1.165) is 43.3 Å². The number of hydrogen-bond acceptors (Lipinski definition) is 4. The molecule has 1 saturated heterocycles. The fourth-order valence-electron chi connectivity index (χ4n) is 4.42. The molecule has 1 aliphatic heterocycles. The molecule has 174 valence electrons. The van der Waals surface area contributed by atoms with E-state index in [1.807, 2.05) is 30.0 Å². The van der Waals surface area contributed by atoms with Crippen molar-refractivity contribution >= 4 is 27.6 Å². The summed E-state index contributed by atoms with van der Waals surface area (Å²) >= 11 is 0. The molecular formula is C26H25FN4O2S. The smallest absolute Gasteiger partial charge is 0.253 e. The van der Waals surface area contributed by atoms with Gasteiger partial charge in [-0.2, -0.15) is 0 Å². The van der Waals surface area contributed by atoms with Crippen LogP contribution in [0.15, 0.2) is 59.9 Å². The second-order valence-electron chi connectivity index (χ2n) is 8.49. The highest BCUT2D eigenvalue weighted by Crippen LogP contribution is 2.29. The van der Waals surface area contributed by atoms with Gasteiger partial charge in [-0.25, -0.2) is 14.4 Å². The number of fused-ring (bicyclic) bond motifs is 1. The number of halogens is 1. The molecule has 1 amide bonds. The molecule has 8 heteroatoms. The van der Waals surface area contributed by atoms with Gasteiger partial charge in [0.05, 0.1) is 21.2 Å². The van der Waals surface area contributed by atoms with Crippen molar-refractivity contribution < 1.29 is 13.4 Å². The van der Waals surface area contributed by atoms with Crippen LogP contribution >= 0.6 is 0 Å². The summed E-state index contributed by atoms with van der Waals surface area (Å²) in [5.41, 5.74) is 3.36. The first-order chi connectivity index (χ1) is 16.5. The molecule has 34 heavy (non-hydrogen) atoms. The third-order valence-corrected chi connectivity index (χ3v) is 7.27. The SMILES string of the molecule is CCc1ccc(F)c(-c2cnc(-n3cc(S(C)=O)c4ccc(C(=O)N5CCCC5)cc43)nc2)c1. The summed E-state index contributed by atoms with van der Waals surface area (Å²) in [6.45, 7) is 3.55. The number of nitrogens with zero attached hydrogens (tertiary/aromatic N) is 4. The second-order valence-corrected chi connectivity index (χ2v) is 9.84. The number of aryl methyl sites for hydroxylation is 1. The van der Waals surface area contributed by atoms with Crippen LogP contribution < -0.4 is 0 Å². The zero-order valence-corrected chi connectivity index (χ0v) is 19.9. The van der Waals surface area contributed by atoms with Gasteiger partial charge in [0, 0.05) is 60.0 Å². The van der Waals surface area contributed by atoms with Gasteiger partial charge in [0.1, 0.15) is 5.82 Å². The van der Waals surface area contributed by atoms with Crippen LogP contribution in [-0.2, 0) is 17.2 Å². The average molecular weight is 477 g/mol. The minimum Gasteiger partial charge on any atom is -0.339 e. The van der Waals surface area contributed by atoms with Crippen molar-refractivity contribution in [2.24, 2.45) is 0 Å². The van der Waals surface area contributed by atoms with E-state index in [0.29, 0.717) is 33.1 Å². The number of benzene rings is 2. The molecule has 1 fully saturated rings. The molecule has 5 rings (SSSR count). The van der Waals surface area contributed by atoms with E-state index >= 15 is 0 Å². The number of rotatable bonds is 5. The predicted octanol–water partition coefficient (Wildman–Crippen LogP) is 4.76. The lowest BCUT2D eigenvalue weighted by atomic mass is 10.0. The average Bonchev–Trinajstić information content (AvgIpc) is 3.52. The molecule has 2 aromatic heterocycles. The Hall–Kier alpha value is -3.39. The number of likely N-dealkylation sites (tertiary alicyclic amines) is 1. The lowest BCUT2D eigenvalue weighted by molar-refractivity contribution is 0.0793. The van der Waals surface area contributed by atoms with Gasteiger partial charge in [-0.05, 0) is 49.1 Å². The van der Waals surface area contributed by atoms with Crippen molar-refractivity contribution in [3.63, 3.8) is 0 Å². The molecule has 4 aromatic rings. The van der Waals surface area contributed by atoms with E-state index in [1.54, 1.807) is 41.5 Å². The van der Waals surface area contributed by atoms with Gasteiger partial charge in [-0.1, -0.05) is 19.1 Å². The van der Waals surface area contributed by atoms with Crippen LogP contribution in [0.25, 0.3) is 28.0 Å². The molecule has 1 unspecified atom stereocenters. The van der Waals surface area contributed by atoms with Crippen LogP contribution in [0.2, 0.25) is 0 Å². The van der Waals surface area contributed by atoms with E-state index in [9.17, 15) is 13.4 Å². The molecule has 1 atom stereocenters. The summed E-state index contributed by atoms with van der Waals surface area (Å²) in [6.07, 6.45) is 9.39. The lowest BCUT2D eigenvalue weighted by Gasteiger charge is -2.15. The Labute approximate surface area is 199 Å². The quantitative estimate of drug-likeness (QED) is 0.416. The maximum atomic E-state index is 14.4. The molecule has 0 N–H and O–H groups in total. The summed E-state index contributed by atoms with van der Waals surface area (Å²) in [5.74, 6) is 0.0332. The Morgan fingerprint density at radius 3 is 2.50 bits per heavy atom. The van der Waals surface area contributed by atoms with Crippen molar-refractivity contribution in [3.8, 4) is 17.1 Å². The van der Waals surface area contributed by atoms with Gasteiger partial charge in [0.2, 0.25) is 5.95 Å². The first-order valence-electron chi connectivity index (χ1n) is 11.3. The molecule has 0 bridgehead atoms. The van der Waals surface area contributed by atoms with Crippen molar-refractivity contribution in [2.75, 3.05) is 19.3 Å². The Morgan fingerprint density at radius 2 is 1.82 bits per heavy atom. The first-order valence-corrected chi connectivity index (χ1v) is 12.9. The third kappa shape index (κ3) is 4.03. The molecule has 0 aliphatic carbocycles. The van der Waals surface area contributed by atoms with E-state index in [1.165, 1.54) is 6.07 Å². The molecule has 0 saturated carbocycles. The predicted molar refractivity (Wildman–Crippen MR) is 131 cm³/mol. The minimum absolute atomic E-state index is 0.00568. The first kappa shape index (κ1) is 22.4. The normalized spacial score (nSPS) is 14.6. The van der Waals surface area contributed by atoms with Gasteiger partial charge < -0.3 is 4.90 Å². The van der Waals surface area contributed by atoms with Crippen LogP contribution in [0.5, 0.6) is 0 Å². The maximum absolute atomic E-state index is 14.4. The van der Waals surface area contributed by atoms with E-state index in [4.69, 9.17) is 0 Å². The maximum Gasteiger partial charge on any atom is 0.253 e. The topological polar surface area (TPSA) is 68.1 Å². The highest BCUT2D eigenvalue weighted by molar-refractivity contribution is 7.84. The van der Waals surface area contributed by atoms with Crippen LogP contribution in [0.4, 0.5) is 4.39 Å². The standard InChI is InChI=1S/C26H25FN4O2S/c1-3-17-6-9-22(27)21(12-17)19-14-28-26(29-15-19)31-16-24(34(2)33)20-8-7-18(13-23(20)31)25(32)30-10-4-5-11-30/h6-9,12-16H,3-5,10-11H2,1-2H3. The van der Waals surface area contributed by atoms with Gasteiger partial charge in [0.15, 0.2) is 0 Å². The molecule has 0 spiro atoms. The Balaban J connectivity index is 1.58. The van der Waals surface area contributed by atoms with E-state index in [2.05, 4.69) is 9.97 Å². The molecule has 0 radical (unpaired) electrons. The fourth-order valence-corrected chi connectivity index (χ4v) is 5.16. The van der Waals surface area contributed by atoms with E-state index < -0.39 is 10.8 Å². The second kappa shape index (κ2) is 9.10. The van der Waals surface area contributed by atoms with Gasteiger partial charge >= 0.3 is 0 Å². The molecular weight excluding hydrogens is 451 g/mol. The van der Waals surface area contributed by atoms with Crippen molar-refractivity contribution in [3.05, 3.63) is 71.9 Å². The molecule has 3 heterocycles. The third-order valence-electron chi connectivity index (χ3n) is 6.32. The monoisotopic (exact) mass is 476 g/mol. The highest BCUT2D eigenvalue weighted by Gasteiger charge is 2.22. The number of hydrogen-bond donors (Lipinski definition) is 0. The Bertz CT molecular complexity index is 1410. The lowest BCUT2D eigenvalue weighted by Crippen LogP contribution is -2.27. The summed E-state index contributed by atoms with van der Waals surface area (Å²) in [7, 11) is -1.24. The van der Waals surface area contributed by atoms with Crippen molar-refractivity contribution in [1.82, 2.24) is 19.4 Å². The van der Waals surface area contributed by atoms with E-state index in [-0.39, 0.29) is 11.7 Å². The van der Waals surface area contributed by atoms with Gasteiger partial charge in [0.25, 0.3) is 5.91 Å². The van der Waals surface area contributed by atoms with Crippen molar-refractivity contribution in [1.29, 1.82) is 0 Å². The summed E-state index contributed by atoms with van der Waals surface area (Å²) < 4.78 is 28.6. The van der Waals surface area contributed by atoms with Crippen LogP contribution in [0, 0.1) is 5.82 Å². The number of carbonyl (C=O) groups is 1. The minimum atomic E-state index is -1.24. The Morgan fingerprint density at radius 1 is 1.09 bits per heavy atom. The highest BCUT2D eigenvalue weighted by atomic mass is 32.2. The summed E-state index contributed by atoms with van der Waals surface area (Å²) in [6, 6.07) is 10.5. The fraction of sp³-hybridized carbons (Fsp3) is 0.269. The number of carbonyl (C=O) groups excluding carboxylic acids is 1. The number of aromatic nitrogens is 3.